The minimum absolute atomic E-state index is 0.0201. The van der Waals surface area contributed by atoms with Crippen molar-refractivity contribution in [1.29, 1.82) is 0 Å². The van der Waals surface area contributed by atoms with Crippen LogP contribution < -0.4 is 10.9 Å². The summed E-state index contributed by atoms with van der Waals surface area (Å²) in [6.07, 6.45) is 0. The van der Waals surface area contributed by atoms with E-state index in [1.165, 1.54) is 12.1 Å². The lowest BCUT2D eigenvalue weighted by Crippen LogP contribution is -2.28. The van der Waals surface area contributed by atoms with E-state index in [0.29, 0.717) is 5.56 Å². The van der Waals surface area contributed by atoms with E-state index in [-0.39, 0.29) is 22.7 Å². The number of amides is 1. The number of carbonyl (C=O) groups is 1. The van der Waals surface area contributed by atoms with E-state index >= 15 is 0 Å². The number of pyridine rings is 1. The number of aryl methyl sites for hydroxylation is 2. The van der Waals surface area contributed by atoms with Crippen molar-refractivity contribution in [3.8, 4) is 0 Å². The van der Waals surface area contributed by atoms with Crippen LogP contribution in [0.25, 0.3) is 0 Å². The highest BCUT2D eigenvalue weighted by Crippen LogP contribution is 2.15. The molecule has 4 nitrogen and oxygen atoms in total. The quantitative estimate of drug-likeness (QED) is 0.916. The lowest BCUT2D eigenvalue weighted by atomic mass is 10.1. The standard InChI is InChI=1S/C15H14ClFN2O2/c1-8-5-9(2)19-15(21)12(8)7-18-14(20)11-6-10(16)3-4-13(11)17/h3-6H,7H2,1-2H3,(H,18,20)(H,19,21). The van der Waals surface area contributed by atoms with E-state index in [2.05, 4.69) is 10.3 Å². The van der Waals surface area contributed by atoms with Crippen LogP contribution in [0.1, 0.15) is 27.2 Å². The average molecular weight is 309 g/mol. The van der Waals surface area contributed by atoms with Gasteiger partial charge in [-0.25, -0.2) is 4.39 Å². The highest BCUT2D eigenvalue weighted by Gasteiger charge is 2.13. The Hall–Kier alpha value is -2.14. The molecule has 0 spiro atoms. The van der Waals surface area contributed by atoms with Crippen LogP contribution in [-0.2, 0) is 6.54 Å². The minimum atomic E-state index is -0.661. The molecule has 21 heavy (non-hydrogen) atoms. The van der Waals surface area contributed by atoms with Gasteiger partial charge < -0.3 is 10.3 Å². The second-order valence-electron chi connectivity index (χ2n) is 4.75. The van der Waals surface area contributed by atoms with Crippen molar-refractivity contribution in [3.05, 3.63) is 67.8 Å². The summed E-state index contributed by atoms with van der Waals surface area (Å²) in [5.41, 5.74) is 1.54. The molecule has 0 bridgehead atoms. The van der Waals surface area contributed by atoms with E-state index in [4.69, 9.17) is 11.6 Å². The highest BCUT2D eigenvalue weighted by molar-refractivity contribution is 6.30. The van der Waals surface area contributed by atoms with Crippen molar-refractivity contribution in [1.82, 2.24) is 10.3 Å². The van der Waals surface area contributed by atoms with E-state index in [0.717, 1.165) is 17.3 Å². The molecule has 0 aliphatic rings. The van der Waals surface area contributed by atoms with Gasteiger partial charge in [0.15, 0.2) is 0 Å². The zero-order valence-electron chi connectivity index (χ0n) is 11.6. The third-order valence-electron chi connectivity index (χ3n) is 3.09. The SMILES string of the molecule is Cc1cc(C)c(CNC(=O)c2cc(Cl)ccc2F)c(=O)[nH]1. The molecule has 0 atom stereocenters. The Bertz CT molecular complexity index is 756. The Kier molecular flexibility index (Phi) is 4.43. The molecule has 0 unspecified atom stereocenters. The molecule has 6 heteroatoms. The fourth-order valence-electron chi connectivity index (χ4n) is 2.04. The summed E-state index contributed by atoms with van der Waals surface area (Å²) in [5, 5.41) is 2.80. The van der Waals surface area contributed by atoms with E-state index in [1.807, 2.05) is 6.07 Å². The fourth-order valence-corrected chi connectivity index (χ4v) is 2.21. The zero-order valence-corrected chi connectivity index (χ0v) is 12.3. The third-order valence-corrected chi connectivity index (χ3v) is 3.33. The Morgan fingerprint density at radius 1 is 1.33 bits per heavy atom. The molecule has 1 heterocycles. The van der Waals surface area contributed by atoms with Gasteiger partial charge in [-0.2, -0.15) is 0 Å². The van der Waals surface area contributed by atoms with Gasteiger partial charge in [0.1, 0.15) is 5.82 Å². The van der Waals surface area contributed by atoms with Crippen molar-refractivity contribution in [3.63, 3.8) is 0 Å². The number of H-pyrrole nitrogens is 1. The molecule has 0 saturated heterocycles. The number of nitrogens with one attached hydrogen (secondary N) is 2. The average Bonchev–Trinajstić information content (AvgIpc) is 2.40. The largest absolute Gasteiger partial charge is 0.348 e. The maximum absolute atomic E-state index is 13.6. The molecule has 1 aromatic heterocycles. The number of aromatic amines is 1. The van der Waals surface area contributed by atoms with Crippen LogP contribution in [0.4, 0.5) is 4.39 Å². The smallest absolute Gasteiger partial charge is 0.254 e. The van der Waals surface area contributed by atoms with Crippen LogP contribution in [0.2, 0.25) is 5.02 Å². The van der Waals surface area contributed by atoms with Crippen LogP contribution >= 0.6 is 11.6 Å². The van der Waals surface area contributed by atoms with Gasteiger partial charge >= 0.3 is 0 Å². The summed E-state index contributed by atoms with van der Waals surface area (Å²) >= 11 is 5.74. The number of hydrogen-bond donors (Lipinski definition) is 2. The summed E-state index contributed by atoms with van der Waals surface area (Å²) in [4.78, 5) is 26.4. The van der Waals surface area contributed by atoms with E-state index < -0.39 is 11.7 Å². The van der Waals surface area contributed by atoms with Crippen LogP contribution in [0.15, 0.2) is 29.1 Å². The highest BCUT2D eigenvalue weighted by atomic mass is 35.5. The number of benzene rings is 1. The Balaban J connectivity index is 2.19. The molecule has 110 valence electrons. The van der Waals surface area contributed by atoms with Crippen LogP contribution in [0.3, 0.4) is 0 Å². The molecule has 0 radical (unpaired) electrons. The summed E-state index contributed by atoms with van der Waals surface area (Å²) in [7, 11) is 0. The Labute approximate surface area is 126 Å². The van der Waals surface area contributed by atoms with Gasteiger partial charge in [0.2, 0.25) is 0 Å². The lowest BCUT2D eigenvalue weighted by Gasteiger charge is -2.09. The molecule has 2 rings (SSSR count). The van der Waals surface area contributed by atoms with Gasteiger partial charge in [-0.1, -0.05) is 11.6 Å². The topological polar surface area (TPSA) is 62.0 Å². The van der Waals surface area contributed by atoms with Crippen molar-refractivity contribution in [2.75, 3.05) is 0 Å². The fraction of sp³-hybridized carbons (Fsp3) is 0.200. The van der Waals surface area contributed by atoms with Crippen molar-refractivity contribution in [2.45, 2.75) is 20.4 Å². The van der Waals surface area contributed by atoms with Gasteiger partial charge in [-0.15, -0.1) is 0 Å². The number of halogens is 2. The first kappa shape index (κ1) is 15.3. The first-order valence-electron chi connectivity index (χ1n) is 6.31. The van der Waals surface area contributed by atoms with E-state index in [1.54, 1.807) is 13.8 Å². The molecule has 2 aromatic rings. The number of carbonyl (C=O) groups excluding carboxylic acids is 1. The summed E-state index contributed by atoms with van der Waals surface area (Å²) in [6, 6.07) is 5.55. The first-order chi connectivity index (χ1) is 9.88. The molecular formula is C15H14ClFN2O2. The van der Waals surface area contributed by atoms with Gasteiger partial charge in [0.05, 0.1) is 5.56 Å². The minimum Gasteiger partial charge on any atom is -0.348 e. The predicted molar refractivity (Wildman–Crippen MR) is 79.1 cm³/mol. The van der Waals surface area contributed by atoms with E-state index in [9.17, 15) is 14.0 Å². The maximum Gasteiger partial charge on any atom is 0.254 e. The van der Waals surface area contributed by atoms with Crippen molar-refractivity contribution < 1.29 is 9.18 Å². The molecule has 2 N–H and O–H groups in total. The Morgan fingerprint density at radius 2 is 2.05 bits per heavy atom. The van der Waals surface area contributed by atoms with Gasteiger partial charge in [-0.3, -0.25) is 9.59 Å². The third kappa shape index (κ3) is 3.49. The Morgan fingerprint density at radius 3 is 2.71 bits per heavy atom. The van der Waals surface area contributed by atoms with Gasteiger partial charge in [-0.05, 0) is 43.7 Å². The molecule has 0 aliphatic carbocycles. The molecule has 1 amide bonds. The number of aromatic nitrogens is 1. The summed E-state index contributed by atoms with van der Waals surface area (Å²) in [5.74, 6) is -1.28. The number of hydrogen-bond acceptors (Lipinski definition) is 2. The van der Waals surface area contributed by atoms with Crippen molar-refractivity contribution in [2.24, 2.45) is 0 Å². The monoisotopic (exact) mass is 308 g/mol. The predicted octanol–water partition coefficient (Wildman–Crippen LogP) is 2.71. The van der Waals surface area contributed by atoms with Crippen LogP contribution in [0.5, 0.6) is 0 Å². The molecular weight excluding hydrogens is 295 g/mol. The van der Waals surface area contributed by atoms with Gasteiger partial charge in [0, 0.05) is 22.8 Å². The normalized spacial score (nSPS) is 10.5. The second kappa shape index (κ2) is 6.10. The van der Waals surface area contributed by atoms with Crippen LogP contribution in [-0.4, -0.2) is 10.9 Å². The molecule has 0 fully saturated rings. The second-order valence-corrected chi connectivity index (χ2v) is 5.19. The molecule has 0 aliphatic heterocycles. The first-order valence-corrected chi connectivity index (χ1v) is 6.69. The summed E-state index contributed by atoms with van der Waals surface area (Å²) in [6.45, 7) is 3.58. The number of rotatable bonds is 3. The molecule has 0 saturated carbocycles. The van der Waals surface area contributed by atoms with Crippen LogP contribution in [0, 0.1) is 19.7 Å². The lowest BCUT2D eigenvalue weighted by molar-refractivity contribution is 0.0946. The van der Waals surface area contributed by atoms with Gasteiger partial charge in [0.25, 0.3) is 11.5 Å². The van der Waals surface area contributed by atoms with Crippen molar-refractivity contribution >= 4 is 17.5 Å². The molecule has 1 aromatic carbocycles. The zero-order chi connectivity index (χ0) is 15.6. The maximum atomic E-state index is 13.6. The summed E-state index contributed by atoms with van der Waals surface area (Å²) < 4.78 is 13.6.